The molecule has 104 valence electrons. The van der Waals surface area contributed by atoms with Crippen molar-refractivity contribution in [1.29, 1.82) is 0 Å². The van der Waals surface area contributed by atoms with Gasteiger partial charge in [0.25, 0.3) is 0 Å². The fourth-order valence-corrected chi connectivity index (χ4v) is 3.15. The summed E-state index contributed by atoms with van der Waals surface area (Å²) in [6.45, 7) is 1.31. The molecule has 0 saturated heterocycles. The van der Waals surface area contributed by atoms with Crippen LogP contribution >= 0.6 is 12.6 Å². The van der Waals surface area contributed by atoms with Crippen molar-refractivity contribution in [1.82, 2.24) is 5.32 Å². The Morgan fingerprint density at radius 1 is 1.39 bits per heavy atom. The second-order valence-corrected chi connectivity index (χ2v) is 5.14. The molecule has 0 aliphatic heterocycles. The van der Waals surface area contributed by atoms with Gasteiger partial charge in [-0.1, -0.05) is 19.3 Å². The van der Waals surface area contributed by atoms with Crippen LogP contribution in [-0.2, 0) is 14.3 Å². The maximum atomic E-state index is 12.1. The SMILES string of the molecule is COC(=O)[C@](CS)(NC(C)=O)C1(O)CCCCC1. The van der Waals surface area contributed by atoms with Crippen molar-refractivity contribution in [3.05, 3.63) is 0 Å². The lowest BCUT2D eigenvalue weighted by molar-refractivity contribution is -0.166. The minimum Gasteiger partial charge on any atom is -0.467 e. The summed E-state index contributed by atoms with van der Waals surface area (Å²) in [6.07, 6.45) is 3.59. The molecule has 5 nitrogen and oxygen atoms in total. The van der Waals surface area contributed by atoms with Gasteiger partial charge in [-0.05, 0) is 12.8 Å². The first kappa shape index (κ1) is 15.3. The van der Waals surface area contributed by atoms with Crippen LogP contribution < -0.4 is 5.32 Å². The molecule has 0 aromatic carbocycles. The highest BCUT2D eigenvalue weighted by atomic mass is 32.1. The van der Waals surface area contributed by atoms with E-state index in [0.29, 0.717) is 12.8 Å². The van der Waals surface area contributed by atoms with Gasteiger partial charge in [0.2, 0.25) is 5.91 Å². The predicted octanol–water partition coefficient (Wildman–Crippen LogP) is 0.659. The quantitative estimate of drug-likeness (QED) is 0.520. The van der Waals surface area contributed by atoms with Gasteiger partial charge in [-0.3, -0.25) is 4.79 Å². The Morgan fingerprint density at radius 2 is 1.94 bits per heavy atom. The van der Waals surface area contributed by atoms with Crippen LogP contribution in [0.4, 0.5) is 0 Å². The van der Waals surface area contributed by atoms with Crippen molar-refractivity contribution >= 4 is 24.5 Å². The van der Waals surface area contributed by atoms with E-state index in [1.807, 2.05) is 0 Å². The van der Waals surface area contributed by atoms with Crippen molar-refractivity contribution in [2.24, 2.45) is 0 Å². The van der Waals surface area contributed by atoms with E-state index in [4.69, 9.17) is 4.74 Å². The first-order valence-electron chi connectivity index (χ1n) is 6.12. The van der Waals surface area contributed by atoms with Gasteiger partial charge in [-0.2, -0.15) is 12.6 Å². The Morgan fingerprint density at radius 3 is 2.33 bits per heavy atom. The second-order valence-electron chi connectivity index (χ2n) is 4.83. The molecule has 0 heterocycles. The van der Waals surface area contributed by atoms with Gasteiger partial charge in [0.15, 0.2) is 5.54 Å². The zero-order chi connectivity index (χ0) is 13.8. The predicted molar refractivity (Wildman–Crippen MR) is 70.5 cm³/mol. The maximum Gasteiger partial charge on any atom is 0.335 e. The fraction of sp³-hybridized carbons (Fsp3) is 0.833. The Labute approximate surface area is 113 Å². The van der Waals surface area contributed by atoms with Crippen molar-refractivity contribution < 1.29 is 19.4 Å². The molecule has 0 radical (unpaired) electrons. The van der Waals surface area contributed by atoms with E-state index in [9.17, 15) is 14.7 Å². The number of rotatable bonds is 4. The number of carbonyl (C=O) groups excluding carboxylic acids is 2. The van der Waals surface area contributed by atoms with Gasteiger partial charge in [-0.15, -0.1) is 0 Å². The van der Waals surface area contributed by atoms with E-state index in [1.165, 1.54) is 14.0 Å². The molecule has 1 atom stereocenters. The van der Waals surface area contributed by atoms with Crippen LogP contribution in [0, 0.1) is 0 Å². The number of thiol groups is 1. The summed E-state index contributed by atoms with van der Waals surface area (Å²) in [7, 11) is 1.24. The summed E-state index contributed by atoms with van der Waals surface area (Å²) < 4.78 is 4.76. The normalized spacial score (nSPS) is 21.8. The van der Waals surface area contributed by atoms with Crippen LogP contribution in [0.1, 0.15) is 39.0 Å². The number of hydrogen-bond donors (Lipinski definition) is 3. The Bertz CT molecular complexity index is 328. The summed E-state index contributed by atoms with van der Waals surface area (Å²) in [5, 5.41) is 13.3. The average Bonchev–Trinajstić information content (AvgIpc) is 2.35. The largest absolute Gasteiger partial charge is 0.467 e. The number of nitrogens with one attached hydrogen (secondary N) is 1. The smallest absolute Gasteiger partial charge is 0.335 e. The molecule has 18 heavy (non-hydrogen) atoms. The zero-order valence-corrected chi connectivity index (χ0v) is 11.8. The van der Waals surface area contributed by atoms with Crippen molar-refractivity contribution in [2.75, 3.05) is 12.9 Å². The van der Waals surface area contributed by atoms with Gasteiger partial charge in [0.1, 0.15) is 0 Å². The highest BCUT2D eigenvalue weighted by Crippen LogP contribution is 2.38. The molecule has 1 aliphatic carbocycles. The number of esters is 1. The van der Waals surface area contributed by atoms with Gasteiger partial charge in [0, 0.05) is 12.7 Å². The molecule has 6 heteroatoms. The van der Waals surface area contributed by atoms with E-state index in [-0.39, 0.29) is 11.7 Å². The molecule has 0 spiro atoms. The van der Waals surface area contributed by atoms with Crippen LogP contribution in [0.5, 0.6) is 0 Å². The fourth-order valence-electron chi connectivity index (χ4n) is 2.65. The molecule has 0 bridgehead atoms. The van der Waals surface area contributed by atoms with Gasteiger partial charge in [-0.25, -0.2) is 4.79 Å². The first-order chi connectivity index (χ1) is 8.42. The molecule has 0 unspecified atom stereocenters. The number of methoxy groups -OCH3 is 1. The maximum absolute atomic E-state index is 12.1. The third-order valence-electron chi connectivity index (χ3n) is 3.64. The highest BCUT2D eigenvalue weighted by Gasteiger charge is 2.56. The van der Waals surface area contributed by atoms with E-state index in [0.717, 1.165) is 19.3 Å². The molecule has 0 aromatic heterocycles. The van der Waals surface area contributed by atoms with E-state index in [1.54, 1.807) is 0 Å². The summed E-state index contributed by atoms with van der Waals surface area (Å²) in [5.74, 6) is -1.01. The van der Waals surface area contributed by atoms with Crippen LogP contribution in [0.2, 0.25) is 0 Å². The molecule has 1 aliphatic rings. The van der Waals surface area contributed by atoms with Gasteiger partial charge < -0.3 is 15.2 Å². The lowest BCUT2D eigenvalue weighted by Crippen LogP contribution is -2.70. The average molecular weight is 275 g/mol. The first-order valence-corrected chi connectivity index (χ1v) is 6.75. The number of hydrogen-bond acceptors (Lipinski definition) is 5. The summed E-state index contributed by atoms with van der Waals surface area (Å²) in [6, 6.07) is 0. The van der Waals surface area contributed by atoms with Crippen LogP contribution in [0.3, 0.4) is 0 Å². The van der Waals surface area contributed by atoms with Gasteiger partial charge >= 0.3 is 5.97 Å². The van der Waals surface area contributed by atoms with Crippen LogP contribution in [-0.4, -0.2) is 41.0 Å². The van der Waals surface area contributed by atoms with Crippen LogP contribution in [0.25, 0.3) is 0 Å². The van der Waals surface area contributed by atoms with Crippen LogP contribution in [0.15, 0.2) is 0 Å². The van der Waals surface area contributed by atoms with Crippen molar-refractivity contribution in [3.63, 3.8) is 0 Å². The van der Waals surface area contributed by atoms with E-state index >= 15 is 0 Å². The molecule has 1 fully saturated rings. The van der Waals surface area contributed by atoms with E-state index < -0.39 is 17.1 Å². The minimum atomic E-state index is -1.46. The number of ether oxygens (including phenoxy) is 1. The monoisotopic (exact) mass is 275 g/mol. The number of amides is 1. The molecular weight excluding hydrogens is 254 g/mol. The molecule has 0 aromatic rings. The van der Waals surface area contributed by atoms with Crippen molar-refractivity contribution in [3.8, 4) is 0 Å². The second kappa shape index (κ2) is 5.93. The molecular formula is C12H21NO4S. The Kier molecular flexibility index (Phi) is 5.04. The third kappa shape index (κ3) is 2.64. The Hall–Kier alpha value is -0.750. The minimum absolute atomic E-state index is 0.00968. The lowest BCUT2D eigenvalue weighted by Gasteiger charge is -2.46. The summed E-state index contributed by atoms with van der Waals surface area (Å²) >= 11 is 4.16. The number of aliphatic hydroxyl groups is 1. The molecule has 1 amide bonds. The topological polar surface area (TPSA) is 75.6 Å². The third-order valence-corrected chi connectivity index (χ3v) is 4.11. The lowest BCUT2D eigenvalue weighted by atomic mass is 9.71. The molecule has 1 saturated carbocycles. The standard InChI is InChI=1S/C12H21NO4S/c1-9(14)13-12(8-18,10(15)17-2)11(16)6-4-3-5-7-11/h16,18H,3-8H2,1-2H3,(H,13,14)/t12-/m0/s1. The Balaban J connectivity index is 3.15. The number of carbonyl (C=O) groups is 2. The molecule has 1 rings (SSSR count). The summed E-state index contributed by atoms with van der Waals surface area (Å²) in [5.41, 5.74) is -2.75. The molecule has 2 N–H and O–H groups in total. The van der Waals surface area contributed by atoms with Gasteiger partial charge in [0.05, 0.1) is 12.7 Å². The zero-order valence-electron chi connectivity index (χ0n) is 10.9. The highest BCUT2D eigenvalue weighted by molar-refractivity contribution is 7.80. The van der Waals surface area contributed by atoms with E-state index in [2.05, 4.69) is 17.9 Å². The van der Waals surface area contributed by atoms with Crippen molar-refractivity contribution in [2.45, 2.75) is 50.2 Å². The summed E-state index contributed by atoms with van der Waals surface area (Å²) in [4.78, 5) is 23.4.